The number of aryl methyl sites for hydroxylation is 1. The van der Waals surface area contributed by atoms with Crippen LogP contribution in [0.1, 0.15) is 51.3 Å². The van der Waals surface area contributed by atoms with Gasteiger partial charge in [0, 0.05) is 52.4 Å². The molecule has 8 heteroatoms. The summed E-state index contributed by atoms with van der Waals surface area (Å²) in [5.41, 5.74) is 1.26. The Balaban J connectivity index is 1.59. The normalized spacial score (nSPS) is 18.8. The predicted molar refractivity (Wildman–Crippen MR) is 122 cm³/mol. The van der Waals surface area contributed by atoms with Gasteiger partial charge in [-0.25, -0.2) is 9.37 Å². The first kappa shape index (κ1) is 20.3. The lowest BCUT2D eigenvalue weighted by atomic mass is 9.75. The number of hydrogen-bond acceptors (Lipinski definition) is 5. The number of nitrogens with one attached hydrogen (secondary N) is 1. The first-order chi connectivity index (χ1) is 14.5. The summed E-state index contributed by atoms with van der Waals surface area (Å²) in [6.45, 7) is 8.89. The summed E-state index contributed by atoms with van der Waals surface area (Å²) in [5, 5.41) is 8.54. The van der Waals surface area contributed by atoms with Crippen molar-refractivity contribution in [1.29, 1.82) is 0 Å². The molecule has 0 bridgehead atoms. The molecule has 1 aliphatic rings. The van der Waals surface area contributed by atoms with Crippen molar-refractivity contribution in [3.8, 4) is 11.3 Å². The lowest BCUT2D eigenvalue weighted by Gasteiger charge is -2.46. The second kappa shape index (κ2) is 6.71. The molecule has 31 heavy (non-hydrogen) atoms. The molecule has 4 heterocycles. The number of aromatic nitrogens is 4. The minimum absolute atomic E-state index is 0.0167. The van der Waals surface area contributed by atoms with E-state index in [1.165, 1.54) is 17.0 Å². The van der Waals surface area contributed by atoms with Crippen LogP contribution in [0.25, 0.3) is 27.1 Å². The lowest BCUT2D eigenvalue weighted by molar-refractivity contribution is 0.163. The van der Waals surface area contributed by atoms with Crippen molar-refractivity contribution in [3.63, 3.8) is 0 Å². The Morgan fingerprint density at radius 2 is 1.84 bits per heavy atom. The zero-order valence-electron chi connectivity index (χ0n) is 18.4. The van der Waals surface area contributed by atoms with Crippen LogP contribution < -0.4 is 10.9 Å². The van der Waals surface area contributed by atoms with Gasteiger partial charge in [0.1, 0.15) is 5.52 Å². The van der Waals surface area contributed by atoms with Gasteiger partial charge in [-0.2, -0.15) is 5.10 Å². The Morgan fingerprint density at radius 3 is 2.55 bits per heavy atom. The first-order valence-corrected chi connectivity index (χ1v) is 11.3. The molecule has 0 amide bonds. The summed E-state index contributed by atoms with van der Waals surface area (Å²) in [6.07, 6.45) is 5.69. The van der Waals surface area contributed by atoms with Crippen LogP contribution in [-0.2, 0) is 7.05 Å². The maximum absolute atomic E-state index is 14.6. The summed E-state index contributed by atoms with van der Waals surface area (Å²) in [6, 6.07) is 4.72. The molecule has 1 N–H and O–H groups in total. The average molecular weight is 440 g/mol. The third kappa shape index (κ3) is 3.68. The third-order valence-electron chi connectivity index (χ3n) is 5.95. The van der Waals surface area contributed by atoms with E-state index in [4.69, 9.17) is 4.98 Å². The Kier molecular flexibility index (Phi) is 4.40. The molecule has 1 fully saturated rings. The maximum atomic E-state index is 14.6. The second-order valence-corrected chi connectivity index (χ2v) is 11.0. The molecular weight excluding hydrogens is 413 g/mol. The van der Waals surface area contributed by atoms with Gasteiger partial charge in [0.25, 0.3) is 5.56 Å². The number of halogens is 1. The number of thiazole rings is 1. The number of benzene rings is 1. The molecular formula is C23H26FN5OS. The van der Waals surface area contributed by atoms with Crippen molar-refractivity contribution in [3.05, 3.63) is 51.6 Å². The third-order valence-corrected chi connectivity index (χ3v) is 7.10. The first-order valence-electron chi connectivity index (χ1n) is 10.5. The summed E-state index contributed by atoms with van der Waals surface area (Å²) in [5.74, 6) is -0.0638. The monoisotopic (exact) mass is 439 g/mol. The van der Waals surface area contributed by atoms with Crippen LogP contribution in [0.4, 0.5) is 4.39 Å². The molecule has 3 aromatic heterocycles. The van der Waals surface area contributed by atoms with Gasteiger partial charge in [0.15, 0.2) is 10.8 Å². The van der Waals surface area contributed by atoms with Crippen LogP contribution in [0.15, 0.2) is 35.4 Å². The summed E-state index contributed by atoms with van der Waals surface area (Å²) >= 11 is 1.55. The predicted octanol–water partition coefficient (Wildman–Crippen LogP) is 4.47. The topological polar surface area (TPSA) is 64.2 Å². The van der Waals surface area contributed by atoms with Crippen molar-refractivity contribution >= 4 is 27.2 Å². The van der Waals surface area contributed by atoms with Crippen LogP contribution in [-0.4, -0.2) is 30.2 Å². The fraction of sp³-hybridized carbons (Fsp3) is 0.435. The lowest BCUT2D eigenvalue weighted by Crippen LogP contribution is -2.57. The highest BCUT2D eigenvalue weighted by Crippen LogP contribution is 2.41. The van der Waals surface area contributed by atoms with E-state index < -0.39 is 5.82 Å². The molecule has 0 atom stereocenters. The number of fused-ring (bicyclic) bond motifs is 2. The van der Waals surface area contributed by atoms with Gasteiger partial charge < -0.3 is 5.32 Å². The largest absolute Gasteiger partial charge is 0.307 e. The number of hydrogen-bond donors (Lipinski definition) is 1. The highest BCUT2D eigenvalue weighted by atomic mass is 32.1. The fourth-order valence-corrected chi connectivity index (χ4v) is 6.23. The van der Waals surface area contributed by atoms with Crippen LogP contribution in [0.3, 0.4) is 0 Å². The highest BCUT2D eigenvalue weighted by molar-refractivity contribution is 7.17. The molecule has 1 aromatic carbocycles. The van der Waals surface area contributed by atoms with Crippen molar-refractivity contribution in [1.82, 2.24) is 24.5 Å². The van der Waals surface area contributed by atoms with E-state index in [9.17, 15) is 9.18 Å². The Labute approximate surface area is 183 Å². The molecule has 0 radical (unpaired) electrons. The van der Waals surface area contributed by atoms with Gasteiger partial charge in [0.2, 0.25) is 0 Å². The van der Waals surface area contributed by atoms with Crippen LogP contribution >= 0.6 is 11.3 Å². The summed E-state index contributed by atoms with van der Waals surface area (Å²) in [4.78, 5) is 19.4. The molecule has 0 spiro atoms. The van der Waals surface area contributed by atoms with Crippen molar-refractivity contribution < 1.29 is 4.39 Å². The molecule has 1 aliphatic heterocycles. The van der Waals surface area contributed by atoms with Gasteiger partial charge in [0.05, 0.1) is 5.69 Å². The van der Waals surface area contributed by atoms with Crippen molar-refractivity contribution in [2.75, 3.05) is 0 Å². The molecule has 6 nitrogen and oxygen atoms in total. The van der Waals surface area contributed by atoms with E-state index in [0.717, 1.165) is 12.8 Å². The Bertz CT molecular complexity index is 1360. The van der Waals surface area contributed by atoms with E-state index >= 15 is 0 Å². The van der Waals surface area contributed by atoms with E-state index in [0.29, 0.717) is 33.0 Å². The smallest absolute Gasteiger partial charge is 0.259 e. The zero-order chi connectivity index (χ0) is 22.1. The molecule has 0 saturated carbocycles. The van der Waals surface area contributed by atoms with E-state index in [-0.39, 0.29) is 16.6 Å². The Hall–Kier alpha value is -2.58. The molecule has 5 rings (SSSR count). The molecule has 162 valence electrons. The minimum Gasteiger partial charge on any atom is -0.307 e. The Morgan fingerprint density at radius 1 is 1.13 bits per heavy atom. The zero-order valence-corrected chi connectivity index (χ0v) is 19.2. The summed E-state index contributed by atoms with van der Waals surface area (Å²) in [7, 11) is 1.76. The van der Waals surface area contributed by atoms with Gasteiger partial charge in [-0.05, 0) is 58.6 Å². The summed E-state index contributed by atoms with van der Waals surface area (Å²) < 4.78 is 17.8. The number of piperidine rings is 1. The van der Waals surface area contributed by atoms with Gasteiger partial charge in [-0.15, -0.1) is 11.3 Å². The van der Waals surface area contributed by atoms with E-state index in [1.54, 1.807) is 33.7 Å². The minimum atomic E-state index is -0.416. The van der Waals surface area contributed by atoms with Gasteiger partial charge in [-0.1, -0.05) is 0 Å². The standard InChI is InChI=1S/C23H26FN5OS/c1-22(2)9-15(10-23(3,4)27-22)18-12-29-19(30)8-17(25-21(29)31-18)13-6-14-11-28(5)26-20(14)16(24)7-13/h6-8,11-12,15,27H,9-10H2,1-5H3. The number of nitrogens with zero attached hydrogens (tertiary/aromatic N) is 4. The molecule has 4 aromatic rings. The molecule has 0 aliphatic carbocycles. The second-order valence-electron chi connectivity index (χ2n) is 9.96. The quantitative estimate of drug-likeness (QED) is 0.500. The van der Waals surface area contributed by atoms with Crippen molar-refractivity contribution in [2.45, 2.75) is 57.5 Å². The van der Waals surface area contributed by atoms with Gasteiger partial charge in [-0.3, -0.25) is 13.9 Å². The molecule has 1 saturated heterocycles. The average Bonchev–Trinajstić information content (AvgIpc) is 3.22. The van der Waals surface area contributed by atoms with Crippen LogP contribution in [0, 0.1) is 5.82 Å². The van der Waals surface area contributed by atoms with Gasteiger partial charge >= 0.3 is 0 Å². The van der Waals surface area contributed by atoms with E-state index in [1.807, 2.05) is 12.3 Å². The van der Waals surface area contributed by atoms with Crippen molar-refractivity contribution in [2.24, 2.45) is 7.05 Å². The SMILES string of the molecule is Cn1cc2cc(-c3cc(=O)n4cc(C5CC(C)(C)NC(C)(C)C5)sc4n3)cc(F)c2n1. The number of rotatable bonds is 2. The maximum Gasteiger partial charge on any atom is 0.259 e. The van der Waals surface area contributed by atoms with Crippen LogP contribution in [0.2, 0.25) is 0 Å². The highest BCUT2D eigenvalue weighted by Gasteiger charge is 2.39. The fourth-order valence-electron chi connectivity index (χ4n) is 5.14. The van der Waals surface area contributed by atoms with E-state index in [2.05, 4.69) is 38.1 Å². The molecule has 0 unspecified atom stereocenters. The van der Waals surface area contributed by atoms with Crippen LogP contribution in [0.5, 0.6) is 0 Å².